The maximum absolute atomic E-state index is 13.8. The normalized spacial score (nSPS) is 23.6. The molecule has 150 valence electrons. The monoisotopic (exact) mass is 404 g/mol. The molecule has 0 radical (unpaired) electrons. The summed E-state index contributed by atoms with van der Waals surface area (Å²) in [5.41, 5.74) is 5.26. The van der Waals surface area contributed by atoms with Crippen molar-refractivity contribution in [1.29, 1.82) is 0 Å². The molecule has 2 aliphatic rings. The average molecular weight is 405 g/mol. The summed E-state index contributed by atoms with van der Waals surface area (Å²) in [5, 5.41) is 0. The Hall–Kier alpha value is -1.60. The van der Waals surface area contributed by atoms with Gasteiger partial charge in [-0.05, 0) is 32.1 Å². The van der Waals surface area contributed by atoms with Crippen LogP contribution in [0.25, 0.3) is 0 Å². The van der Waals surface area contributed by atoms with E-state index in [4.69, 9.17) is 5.73 Å². The molecule has 1 aliphatic heterocycles. The predicted octanol–water partition coefficient (Wildman–Crippen LogP) is 3.46. The van der Waals surface area contributed by atoms with Crippen LogP contribution in [0.1, 0.15) is 48.9 Å². The summed E-state index contributed by atoms with van der Waals surface area (Å²) in [4.78, 5) is 26.8. The van der Waals surface area contributed by atoms with Crippen LogP contribution in [0.4, 0.5) is 13.2 Å². The van der Waals surface area contributed by atoms with Crippen LogP contribution in [0.2, 0.25) is 0 Å². The van der Waals surface area contributed by atoms with Crippen molar-refractivity contribution in [2.75, 3.05) is 13.1 Å². The summed E-state index contributed by atoms with van der Waals surface area (Å²) in [6.07, 6.45) is 4.09. The van der Waals surface area contributed by atoms with Gasteiger partial charge in [0.1, 0.15) is 17.5 Å². The first-order chi connectivity index (χ1) is 12.4. The fourth-order valence-electron chi connectivity index (χ4n) is 4.05. The highest BCUT2D eigenvalue weighted by Crippen LogP contribution is 2.29. The molecule has 4 nitrogen and oxygen atoms in total. The van der Waals surface area contributed by atoms with E-state index >= 15 is 0 Å². The fourth-order valence-corrected chi connectivity index (χ4v) is 4.05. The van der Waals surface area contributed by atoms with Gasteiger partial charge in [0.25, 0.3) is 0 Å². The number of nitrogens with two attached hydrogens (primary N) is 1. The third-order valence-electron chi connectivity index (χ3n) is 5.49. The van der Waals surface area contributed by atoms with Crippen molar-refractivity contribution in [1.82, 2.24) is 4.90 Å². The predicted molar refractivity (Wildman–Crippen MR) is 97.1 cm³/mol. The van der Waals surface area contributed by atoms with Crippen LogP contribution < -0.4 is 5.73 Å². The van der Waals surface area contributed by atoms with Crippen molar-refractivity contribution >= 4 is 24.1 Å². The maximum Gasteiger partial charge on any atom is 0.225 e. The fraction of sp³-hybridized carbons (Fsp3) is 0.579. The summed E-state index contributed by atoms with van der Waals surface area (Å²) < 4.78 is 40.7. The number of carbonyl (C=O) groups is 2. The second-order valence-electron chi connectivity index (χ2n) is 7.33. The SMILES string of the molecule is Cl.NC1CCCC(C(=O)N2CCC(C(=O)c3c(F)cc(F)cc3F)CC2)C1. The van der Waals surface area contributed by atoms with E-state index in [1.807, 2.05) is 0 Å². The van der Waals surface area contributed by atoms with Crippen molar-refractivity contribution < 1.29 is 22.8 Å². The lowest BCUT2D eigenvalue weighted by molar-refractivity contribution is -0.138. The molecule has 1 amide bonds. The van der Waals surface area contributed by atoms with Gasteiger partial charge in [0.2, 0.25) is 5.91 Å². The number of benzene rings is 1. The number of ketones is 1. The summed E-state index contributed by atoms with van der Waals surface area (Å²) in [6, 6.07) is 1.09. The number of nitrogens with zero attached hydrogens (tertiary/aromatic N) is 1. The van der Waals surface area contributed by atoms with E-state index in [2.05, 4.69) is 0 Å². The minimum atomic E-state index is -1.18. The topological polar surface area (TPSA) is 63.4 Å². The zero-order valence-electron chi connectivity index (χ0n) is 14.9. The van der Waals surface area contributed by atoms with Crippen LogP contribution in [0.15, 0.2) is 12.1 Å². The molecule has 2 unspecified atom stereocenters. The Morgan fingerprint density at radius 3 is 2.11 bits per heavy atom. The number of piperidine rings is 1. The van der Waals surface area contributed by atoms with Gasteiger partial charge in [-0.3, -0.25) is 9.59 Å². The van der Waals surface area contributed by atoms with Gasteiger partial charge in [0, 0.05) is 43.1 Å². The van der Waals surface area contributed by atoms with Crippen molar-refractivity contribution in [3.05, 3.63) is 35.1 Å². The van der Waals surface area contributed by atoms with E-state index in [1.165, 1.54) is 0 Å². The smallest absolute Gasteiger partial charge is 0.225 e. The molecule has 1 saturated heterocycles. The quantitative estimate of drug-likeness (QED) is 0.785. The Morgan fingerprint density at radius 2 is 1.56 bits per heavy atom. The minimum Gasteiger partial charge on any atom is -0.342 e. The highest BCUT2D eigenvalue weighted by atomic mass is 35.5. The Labute approximate surface area is 162 Å². The molecule has 8 heteroatoms. The molecule has 0 bridgehead atoms. The lowest BCUT2D eigenvalue weighted by atomic mass is 9.84. The molecular weight excluding hydrogens is 381 g/mol. The Morgan fingerprint density at radius 1 is 0.963 bits per heavy atom. The minimum absolute atomic E-state index is 0. The van der Waals surface area contributed by atoms with E-state index in [0.29, 0.717) is 44.5 Å². The Kier molecular flexibility index (Phi) is 7.28. The first-order valence-electron chi connectivity index (χ1n) is 9.10. The number of rotatable bonds is 3. The summed E-state index contributed by atoms with van der Waals surface area (Å²) in [7, 11) is 0. The first-order valence-corrected chi connectivity index (χ1v) is 9.10. The number of carbonyl (C=O) groups excluding carboxylic acids is 2. The van der Waals surface area contributed by atoms with Gasteiger partial charge < -0.3 is 10.6 Å². The van der Waals surface area contributed by atoms with Gasteiger partial charge in [-0.15, -0.1) is 12.4 Å². The van der Waals surface area contributed by atoms with Crippen molar-refractivity contribution in [3.8, 4) is 0 Å². The van der Waals surface area contributed by atoms with Gasteiger partial charge in [-0.2, -0.15) is 0 Å². The lowest BCUT2D eigenvalue weighted by Crippen LogP contribution is -2.45. The lowest BCUT2D eigenvalue weighted by Gasteiger charge is -2.35. The number of hydrogen-bond donors (Lipinski definition) is 1. The van der Waals surface area contributed by atoms with Gasteiger partial charge >= 0.3 is 0 Å². The van der Waals surface area contributed by atoms with Crippen LogP contribution in [0.3, 0.4) is 0 Å². The summed E-state index contributed by atoms with van der Waals surface area (Å²) in [5.74, 6) is -4.65. The van der Waals surface area contributed by atoms with E-state index in [1.54, 1.807) is 4.90 Å². The number of likely N-dealkylation sites (tertiary alicyclic amines) is 1. The van der Waals surface area contributed by atoms with Crippen LogP contribution in [-0.2, 0) is 4.79 Å². The van der Waals surface area contributed by atoms with Crippen LogP contribution in [-0.4, -0.2) is 35.7 Å². The first kappa shape index (κ1) is 21.7. The molecule has 27 heavy (non-hydrogen) atoms. The van der Waals surface area contributed by atoms with Gasteiger partial charge in [0.05, 0.1) is 5.56 Å². The molecule has 3 rings (SSSR count). The molecule has 0 spiro atoms. The molecule has 1 aromatic carbocycles. The highest BCUT2D eigenvalue weighted by Gasteiger charge is 2.34. The Bertz CT molecular complexity index is 685. The third kappa shape index (κ3) is 4.82. The van der Waals surface area contributed by atoms with E-state index in [-0.39, 0.29) is 30.3 Å². The molecule has 2 atom stereocenters. The van der Waals surface area contributed by atoms with E-state index < -0.39 is 34.7 Å². The van der Waals surface area contributed by atoms with Gasteiger partial charge in [0.15, 0.2) is 5.78 Å². The standard InChI is InChI=1S/C19H23F3N2O2.ClH/c20-13-9-15(21)17(16(22)10-13)18(25)11-4-6-24(7-5-11)19(26)12-2-1-3-14(23)8-12;/h9-12,14H,1-8,23H2;1H. The van der Waals surface area contributed by atoms with Crippen molar-refractivity contribution in [3.63, 3.8) is 0 Å². The van der Waals surface area contributed by atoms with Gasteiger partial charge in [-0.1, -0.05) is 6.42 Å². The summed E-state index contributed by atoms with van der Waals surface area (Å²) in [6.45, 7) is 0.761. The van der Waals surface area contributed by atoms with Gasteiger partial charge in [-0.25, -0.2) is 13.2 Å². The Balaban J connectivity index is 0.00000261. The zero-order valence-corrected chi connectivity index (χ0v) is 15.7. The largest absolute Gasteiger partial charge is 0.342 e. The maximum atomic E-state index is 13.8. The molecule has 1 aliphatic carbocycles. The molecule has 0 aromatic heterocycles. The van der Waals surface area contributed by atoms with Crippen LogP contribution >= 0.6 is 12.4 Å². The third-order valence-corrected chi connectivity index (χ3v) is 5.49. The zero-order chi connectivity index (χ0) is 18.8. The van der Waals surface area contributed by atoms with Crippen LogP contribution in [0.5, 0.6) is 0 Å². The molecule has 2 N–H and O–H groups in total. The van der Waals surface area contributed by atoms with Crippen LogP contribution in [0, 0.1) is 29.3 Å². The highest BCUT2D eigenvalue weighted by molar-refractivity contribution is 5.98. The van der Waals surface area contributed by atoms with E-state index in [9.17, 15) is 22.8 Å². The second kappa shape index (κ2) is 9.06. The molecule has 1 aromatic rings. The molecule has 2 fully saturated rings. The second-order valence-corrected chi connectivity index (χ2v) is 7.33. The summed E-state index contributed by atoms with van der Waals surface area (Å²) >= 11 is 0. The number of Topliss-reactive ketones (excluding diaryl/α,β-unsaturated/α-hetero) is 1. The van der Waals surface area contributed by atoms with Crippen molar-refractivity contribution in [2.45, 2.75) is 44.6 Å². The van der Waals surface area contributed by atoms with Crippen molar-refractivity contribution in [2.24, 2.45) is 17.6 Å². The molecule has 1 saturated carbocycles. The number of hydrogen-bond acceptors (Lipinski definition) is 3. The average Bonchev–Trinajstić information content (AvgIpc) is 2.60. The molecule has 1 heterocycles. The number of halogens is 4. The number of amides is 1. The molecular formula is C19H24ClF3N2O2. The van der Waals surface area contributed by atoms with E-state index in [0.717, 1.165) is 19.3 Å².